The van der Waals surface area contributed by atoms with Gasteiger partial charge in [0.25, 0.3) is 5.91 Å². The molecule has 10 heteroatoms. The minimum Gasteiger partial charge on any atom is -0.363 e. The van der Waals surface area contributed by atoms with Gasteiger partial charge in [0.2, 0.25) is 17.6 Å². The van der Waals surface area contributed by atoms with Crippen LogP contribution >= 0.6 is 0 Å². The Labute approximate surface area is 259 Å². The zero-order valence-corrected chi connectivity index (χ0v) is 19.6. The van der Waals surface area contributed by atoms with Crippen LogP contribution in [0.2, 0.25) is 0 Å². The second-order valence-electron chi connectivity index (χ2n) is 9.41. The molecule has 0 bridgehead atoms. The van der Waals surface area contributed by atoms with E-state index in [2.05, 4.69) is 0 Å². The van der Waals surface area contributed by atoms with Crippen molar-refractivity contribution >= 4 is 29.5 Å². The third-order valence-corrected chi connectivity index (χ3v) is 6.34. The molecule has 1 saturated heterocycles. The Morgan fingerprint density at radius 3 is 2.38 bits per heavy atom. The number of fused-ring (bicyclic) bond motifs is 1. The lowest BCUT2D eigenvalue weighted by molar-refractivity contribution is -0.145. The standard InChI is InChI=1S/C27H45N5O5/c1-25(2,3)20(30-24(37)31-26(4,5)6)23(36)32-13-15-17(27(15,7)8)18(32)22(35)29-16(19(33)21(28)34)12-14-10-9-11-14/h14-18,20H,9-13H2,1-8H3,(H2,28,34)(H,29,35)(H2,30,31,37)/t15-,16+,17-,18-,20+/m0/s1/i1D3,2D3,3D3,4D3,5D3,6D3,9D2,10D2,11D2,12D2,14D,16D. The molecule has 0 aromatic carbocycles. The number of carbonyl (C=O) groups is 5. The van der Waals surface area contributed by atoms with E-state index in [0.29, 0.717) is 0 Å². The summed E-state index contributed by atoms with van der Waals surface area (Å²) in [4.78, 5) is 69.2. The zero-order valence-electron chi connectivity index (χ0n) is 47.6. The number of piperidine rings is 1. The molecule has 5 N–H and O–H groups in total. The van der Waals surface area contributed by atoms with Gasteiger partial charge in [0, 0.05) is 49.1 Å². The summed E-state index contributed by atoms with van der Waals surface area (Å²) >= 11 is 0. The molecule has 5 atom stereocenters. The number of nitrogens with one attached hydrogen (secondary N) is 3. The lowest BCUT2D eigenvalue weighted by Gasteiger charge is -2.38. The van der Waals surface area contributed by atoms with E-state index in [1.165, 1.54) is 24.5 Å². The number of hydrogen-bond acceptors (Lipinski definition) is 5. The van der Waals surface area contributed by atoms with E-state index in [1.807, 2.05) is 0 Å². The van der Waals surface area contributed by atoms with Crippen molar-refractivity contribution in [2.75, 3.05) is 6.54 Å². The molecule has 0 spiro atoms. The van der Waals surface area contributed by atoms with Crippen molar-refractivity contribution in [3.8, 4) is 0 Å². The van der Waals surface area contributed by atoms with E-state index in [4.69, 9.17) is 44.1 Å². The maximum Gasteiger partial charge on any atom is 0.315 e. The van der Waals surface area contributed by atoms with Crippen molar-refractivity contribution in [3.05, 3.63) is 0 Å². The number of primary amides is 1. The number of hydrogen-bond donors (Lipinski definition) is 4. The number of nitrogens with two attached hydrogens (primary N) is 1. The molecule has 37 heavy (non-hydrogen) atoms. The summed E-state index contributed by atoms with van der Waals surface area (Å²) in [5.41, 5.74) is -5.03. The van der Waals surface area contributed by atoms with Gasteiger partial charge in [-0.1, -0.05) is 53.5 Å². The molecular weight excluding hydrogens is 474 g/mol. The number of amides is 5. The fourth-order valence-corrected chi connectivity index (χ4v) is 4.45. The summed E-state index contributed by atoms with van der Waals surface area (Å²) in [5.74, 6) is -15.6. The first-order chi connectivity index (χ1) is 28.1. The largest absolute Gasteiger partial charge is 0.363 e. The van der Waals surface area contributed by atoms with Crippen LogP contribution in [0.25, 0.3) is 0 Å². The van der Waals surface area contributed by atoms with Gasteiger partial charge in [0.1, 0.15) is 12.1 Å². The van der Waals surface area contributed by atoms with E-state index in [-0.39, 0.29) is 4.90 Å². The van der Waals surface area contributed by atoms with Crippen LogP contribution in [0.15, 0.2) is 0 Å². The smallest absolute Gasteiger partial charge is 0.315 e. The summed E-state index contributed by atoms with van der Waals surface area (Å²) in [5, 5.41) is 3.90. The van der Waals surface area contributed by atoms with Gasteiger partial charge in [-0.15, -0.1) is 0 Å². The number of ketones is 1. The summed E-state index contributed by atoms with van der Waals surface area (Å²) < 4.78 is 227. The third kappa shape index (κ3) is 6.26. The Balaban J connectivity index is 2.40. The second kappa shape index (κ2) is 9.91. The van der Waals surface area contributed by atoms with Crippen LogP contribution in [0.4, 0.5) is 4.79 Å². The van der Waals surface area contributed by atoms with Crippen molar-refractivity contribution in [3.63, 3.8) is 0 Å². The average Bonchev–Trinajstić information content (AvgIpc) is 3.35. The molecule has 1 aliphatic heterocycles. The third-order valence-electron chi connectivity index (χ3n) is 6.34. The number of rotatable bonds is 8. The number of carbonyl (C=O) groups excluding carboxylic acids is 5. The molecular formula is C27H45N5O5. The number of nitrogens with zero attached hydrogens (tertiary/aromatic N) is 1. The van der Waals surface area contributed by atoms with Gasteiger partial charge in [0.05, 0.1) is 7.39 Å². The van der Waals surface area contributed by atoms with Crippen LogP contribution in [-0.2, 0) is 19.2 Å². The molecule has 3 rings (SSSR count). The highest BCUT2D eigenvalue weighted by Crippen LogP contribution is 2.65. The Bertz CT molecular complexity index is 1890. The fraction of sp³-hybridized carbons (Fsp3) is 0.815. The predicted octanol–water partition coefficient (Wildman–Crippen LogP) is 1.71. The average molecular weight is 548 g/mol. The van der Waals surface area contributed by atoms with Crippen molar-refractivity contribution in [1.29, 1.82) is 0 Å². The van der Waals surface area contributed by atoms with E-state index in [9.17, 15) is 24.0 Å². The summed E-state index contributed by atoms with van der Waals surface area (Å²) in [7, 11) is 0. The van der Waals surface area contributed by atoms with Gasteiger partial charge in [-0.05, 0) is 55.5 Å². The van der Waals surface area contributed by atoms with Gasteiger partial charge in [0.15, 0.2) is 0 Å². The molecule has 2 aliphatic carbocycles. The van der Waals surface area contributed by atoms with Crippen LogP contribution in [-0.4, -0.2) is 64.6 Å². The Kier molecular flexibility index (Phi) is 2.47. The highest BCUT2D eigenvalue weighted by molar-refractivity contribution is 6.37. The Morgan fingerprint density at radius 2 is 1.81 bits per heavy atom. The van der Waals surface area contributed by atoms with Crippen molar-refractivity contribution in [1.82, 2.24) is 20.9 Å². The predicted molar refractivity (Wildman–Crippen MR) is 139 cm³/mol. The first kappa shape index (κ1) is 9.23. The normalized spacial score (nSPS) is 45.7. The fourth-order valence-electron chi connectivity index (χ4n) is 4.45. The number of likely N-dealkylation sites (tertiary alicyclic amines) is 1. The molecule has 3 fully saturated rings. The highest BCUT2D eigenvalue weighted by Gasteiger charge is 2.70. The quantitative estimate of drug-likeness (QED) is 0.341. The van der Waals surface area contributed by atoms with Gasteiger partial charge in [-0.2, -0.15) is 0 Å². The molecule has 3 aliphatic rings. The van der Waals surface area contributed by atoms with Crippen LogP contribution in [0.5, 0.6) is 0 Å². The van der Waals surface area contributed by atoms with Gasteiger partial charge >= 0.3 is 6.03 Å². The molecule has 5 amide bonds. The Hall–Kier alpha value is -2.65. The summed E-state index contributed by atoms with van der Waals surface area (Å²) in [6.45, 7) is -24.3. The summed E-state index contributed by atoms with van der Waals surface area (Å²) in [6.07, 6.45) is -16.3. The molecule has 1 heterocycles. The first-order valence-electron chi connectivity index (χ1n) is 24.7. The minimum absolute atomic E-state index is 0.158. The molecule has 2 saturated carbocycles. The lowest BCUT2D eigenvalue weighted by Crippen LogP contribution is -2.62. The molecule has 0 radical (unpaired) electrons. The van der Waals surface area contributed by atoms with E-state index >= 15 is 0 Å². The Morgan fingerprint density at radius 1 is 1.16 bits per heavy atom. The minimum atomic E-state index is -4.58. The van der Waals surface area contributed by atoms with Gasteiger partial charge < -0.3 is 26.6 Å². The van der Waals surface area contributed by atoms with Gasteiger partial charge in [-0.3, -0.25) is 19.2 Å². The van der Waals surface area contributed by atoms with Crippen LogP contribution in [0, 0.1) is 28.6 Å². The maximum absolute atomic E-state index is 15.0. The van der Waals surface area contributed by atoms with E-state index < -0.39 is 155 Å². The van der Waals surface area contributed by atoms with Crippen molar-refractivity contribution in [2.24, 2.45) is 34.3 Å². The van der Waals surface area contributed by atoms with E-state index in [0.717, 1.165) is 5.32 Å². The van der Waals surface area contributed by atoms with E-state index in [1.54, 1.807) is 0 Å². The van der Waals surface area contributed by atoms with Crippen LogP contribution in [0.1, 0.15) is 119 Å². The molecule has 208 valence electrons. The topological polar surface area (TPSA) is 151 Å². The maximum atomic E-state index is 15.0. The summed E-state index contributed by atoms with van der Waals surface area (Å²) in [6, 6.07) is -13.0. The molecule has 0 aromatic rings. The lowest BCUT2D eigenvalue weighted by atomic mass is 9.80. The second-order valence-corrected chi connectivity index (χ2v) is 9.41. The number of urea groups is 1. The monoisotopic (exact) mass is 548 g/mol. The van der Waals surface area contributed by atoms with Crippen molar-refractivity contribution in [2.45, 2.75) is 104 Å². The first-order valence-corrected chi connectivity index (χ1v) is 10.7. The highest BCUT2D eigenvalue weighted by atomic mass is 16.2. The molecule has 0 aromatic heterocycles. The SMILES string of the molecule is [2H]C([2H])([2H])C(NC(=O)N[C@H](C(=O)N1C[C@H]2[C@@H]([C@H]1C(=O)N[C@@]([2H])(C(=O)C(N)=O)C([2H])([2H])C1([2H])C([2H])([2H])C([2H])([2H])C1([2H])[2H])C2(C)C)C(C([2H])([2H])[2H])(C([2H])([2H])[2H])C([2H])([2H])[2H])(C([2H])([2H])[2H])C([2H])([2H])[2H]. The van der Waals surface area contributed by atoms with Crippen LogP contribution in [0.3, 0.4) is 0 Å². The van der Waals surface area contributed by atoms with Crippen molar-refractivity contribution < 1.29 is 62.4 Å². The molecule has 10 nitrogen and oxygen atoms in total. The molecule has 0 unspecified atom stereocenters. The van der Waals surface area contributed by atoms with Gasteiger partial charge in [-0.25, -0.2) is 4.79 Å². The van der Waals surface area contributed by atoms with Crippen LogP contribution < -0.4 is 21.7 Å². The zero-order chi connectivity index (χ0) is 52.1. The number of Topliss-reactive ketones (excluding diaryl/α,β-unsaturated/α-hetero) is 1.